The third-order valence-electron chi connectivity index (χ3n) is 4.05. The highest BCUT2D eigenvalue weighted by Gasteiger charge is 2.17. The summed E-state index contributed by atoms with van der Waals surface area (Å²) >= 11 is 7.45. The number of amides is 1. The molecule has 0 atom stereocenters. The SMILES string of the molecule is O=C(CSC(=Nc1ccccc1)N1CCCCC1)Nc1cccc(Cl)c1. The molecule has 136 valence electrons. The van der Waals surface area contributed by atoms with E-state index in [4.69, 9.17) is 16.6 Å². The zero-order valence-corrected chi connectivity index (χ0v) is 16.1. The van der Waals surface area contributed by atoms with E-state index in [1.165, 1.54) is 31.0 Å². The van der Waals surface area contributed by atoms with Gasteiger partial charge in [-0.05, 0) is 49.6 Å². The molecule has 0 spiro atoms. The smallest absolute Gasteiger partial charge is 0.234 e. The summed E-state index contributed by atoms with van der Waals surface area (Å²) in [5.74, 6) is 0.254. The number of halogens is 1. The largest absolute Gasteiger partial charge is 0.351 e. The van der Waals surface area contributed by atoms with Gasteiger partial charge in [0, 0.05) is 23.8 Å². The van der Waals surface area contributed by atoms with E-state index >= 15 is 0 Å². The molecule has 0 saturated carbocycles. The highest BCUT2D eigenvalue weighted by Crippen LogP contribution is 2.21. The van der Waals surface area contributed by atoms with E-state index < -0.39 is 0 Å². The Kier molecular flexibility index (Phi) is 6.97. The van der Waals surface area contributed by atoms with E-state index in [1.54, 1.807) is 12.1 Å². The summed E-state index contributed by atoms with van der Waals surface area (Å²) in [4.78, 5) is 19.4. The maximum atomic E-state index is 12.3. The van der Waals surface area contributed by atoms with Gasteiger partial charge < -0.3 is 10.2 Å². The van der Waals surface area contributed by atoms with Crippen LogP contribution < -0.4 is 5.32 Å². The molecular formula is C20H22ClN3OS. The van der Waals surface area contributed by atoms with E-state index in [-0.39, 0.29) is 5.91 Å². The van der Waals surface area contributed by atoms with Gasteiger partial charge in [0.2, 0.25) is 5.91 Å². The van der Waals surface area contributed by atoms with Crippen LogP contribution in [0.25, 0.3) is 0 Å². The molecule has 3 rings (SSSR count). The lowest BCUT2D eigenvalue weighted by atomic mass is 10.1. The molecule has 1 amide bonds. The van der Waals surface area contributed by atoms with Crippen LogP contribution in [-0.4, -0.2) is 34.8 Å². The molecule has 2 aromatic rings. The van der Waals surface area contributed by atoms with Crippen LogP contribution in [0.15, 0.2) is 59.6 Å². The van der Waals surface area contributed by atoms with Crippen LogP contribution in [0, 0.1) is 0 Å². The summed E-state index contributed by atoms with van der Waals surface area (Å²) in [7, 11) is 0. The van der Waals surface area contributed by atoms with Crippen molar-refractivity contribution < 1.29 is 4.79 Å². The molecule has 1 aliphatic rings. The lowest BCUT2D eigenvalue weighted by molar-refractivity contribution is -0.113. The summed E-state index contributed by atoms with van der Waals surface area (Å²) < 4.78 is 0. The highest BCUT2D eigenvalue weighted by molar-refractivity contribution is 8.14. The molecule has 0 bridgehead atoms. The van der Waals surface area contributed by atoms with Crippen LogP contribution >= 0.6 is 23.4 Å². The Morgan fingerprint density at radius 3 is 2.58 bits per heavy atom. The minimum absolute atomic E-state index is 0.0602. The maximum absolute atomic E-state index is 12.3. The van der Waals surface area contributed by atoms with Gasteiger partial charge in [0.05, 0.1) is 11.4 Å². The van der Waals surface area contributed by atoms with Crippen molar-refractivity contribution in [2.75, 3.05) is 24.2 Å². The first-order valence-electron chi connectivity index (χ1n) is 8.77. The first-order chi connectivity index (χ1) is 12.7. The molecule has 0 radical (unpaired) electrons. The lowest BCUT2D eigenvalue weighted by Crippen LogP contribution is -2.34. The van der Waals surface area contributed by atoms with Gasteiger partial charge in [-0.1, -0.05) is 47.6 Å². The van der Waals surface area contributed by atoms with Crippen molar-refractivity contribution in [2.24, 2.45) is 4.99 Å². The Hall–Kier alpha value is -1.98. The Balaban J connectivity index is 1.65. The predicted octanol–water partition coefficient (Wildman–Crippen LogP) is 5.19. The number of carbonyl (C=O) groups is 1. The van der Waals surface area contributed by atoms with Gasteiger partial charge in [0.15, 0.2) is 5.17 Å². The monoisotopic (exact) mass is 387 g/mol. The average Bonchev–Trinajstić information content (AvgIpc) is 2.66. The number of hydrogen-bond donors (Lipinski definition) is 1. The quantitative estimate of drug-likeness (QED) is 0.580. The minimum Gasteiger partial charge on any atom is -0.351 e. The Morgan fingerprint density at radius 1 is 1.08 bits per heavy atom. The summed E-state index contributed by atoms with van der Waals surface area (Å²) in [5.41, 5.74) is 1.62. The van der Waals surface area contributed by atoms with E-state index in [9.17, 15) is 4.79 Å². The summed E-state index contributed by atoms with van der Waals surface area (Å²) in [6, 6.07) is 17.1. The average molecular weight is 388 g/mol. The molecule has 1 heterocycles. The zero-order valence-electron chi connectivity index (χ0n) is 14.5. The number of rotatable bonds is 4. The van der Waals surface area contributed by atoms with Crippen LogP contribution in [0.1, 0.15) is 19.3 Å². The molecule has 26 heavy (non-hydrogen) atoms. The number of piperidine rings is 1. The van der Waals surface area contributed by atoms with Crippen molar-refractivity contribution in [3.05, 3.63) is 59.6 Å². The van der Waals surface area contributed by atoms with Crippen molar-refractivity contribution >= 4 is 45.8 Å². The van der Waals surface area contributed by atoms with Gasteiger partial charge in [-0.3, -0.25) is 4.79 Å². The maximum Gasteiger partial charge on any atom is 0.234 e. The number of amidine groups is 1. The number of aliphatic imine (C=N–C) groups is 1. The number of nitrogens with zero attached hydrogens (tertiary/aromatic N) is 2. The summed E-state index contributed by atoms with van der Waals surface area (Å²) in [6.07, 6.45) is 3.60. The molecule has 1 saturated heterocycles. The molecule has 1 fully saturated rings. The van der Waals surface area contributed by atoms with Gasteiger partial charge in [0.25, 0.3) is 0 Å². The number of nitrogens with one attached hydrogen (secondary N) is 1. The molecule has 6 heteroatoms. The van der Waals surface area contributed by atoms with Gasteiger partial charge in [-0.2, -0.15) is 0 Å². The fourth-order valence-electron chi connectivity index (χ4n) is 2.79. The second-order valence-electron chi connectivity index (χ2n) is 6.12. The van der Waals surface area contributed by atoms with E-state index in [2.05, 4.69) is 10.2 Å². The Bertz CT molecular complexity index is 761. The molecule has 2 aromatic carbocycles. The van der Waals surface area contributed by atoms with Crippen LogP contribution in [0.2, 0.25) is 5.02 Å². The predicted molar refractivity (Wildman–Crippen MR) is 112 cm³/mol. The van der Waals surface area contributed by atoms with E-state index in [0.29, 0.717) is 16.5 Å². The van der Waals surface area contributed by atoms with Crippen molar-refractivity contribution in [1.29, 1.82) is 0 Å². The highest BCUT2D eigenvalue weighted by atomic mass is 35.5. The van der Waals surface area contributed by atoms with Gasteiger partial charge >= 0.3 is 0 Å². The number of para-hydroxylation sites is 1. The molecular weight excluding hydrogens is 366 g/mol. The molecule has 4 nitrogen and oxygen atoms in total. The summed E-state index contributed by atoms with van der Waals surface area (Å²) in [6.45, 7) is 1.99. The van der Waals surface area contributed by atoms with Crippen molar-refractivity contribution in [2.45, 2.75) is 19.3 Å². The lowest BCUT2D eigenvalue weighted by Gasteiger charge is -2.29. The normalized spacial score (nSPS) is 15.0. The molecule has 0 unspecified atom stereocenters. The number of likely N-dealkylation sites (tertiary alicyclic amines) is 1. The second kappa shape index (κ2) is 9.64. The number of hydrogen-bond acceptors (Lipinski definition) is 3. The minimum atomic E-state index is -0.0602. The van der Waals surface area contributed by atoms with Crippen LogP contribution in [-0.2, 0) is 4.79 Å². The zero-order chi connectivity index (χ0) is 18.2. The van der Waals surface area contributed by atoms with Gasteiger partial charge in [-0.15, -0.1) is 0 Å². The Labute approximate surface area is 163 Å². The van der Waals surface area contributed by atoms with Crippen molar-refractivity contribution in [1.82, 2.24) is 4.90 Å². The number of anilines is 1. The fraction of sp³-hybridized carbons (Fsp3) is 0.300. The third kappa shape index (κ3) is 5.78. The van der Waals surface area contributed by atoms with E-state index in [0.717, 1.165) is 23.9 Å². The second-order valence-corrected chi connectivity index (χ2v) is 7.50. The fourth-order valence-corrected chi connectivity index (χ4v) is 3.84. The number of thioether (sulfide) groups is 1. The first-order valence-corrected chi connectivity index (χ1v) is 10.1. The third-order valence-corrected chi connectivity index (χ3v) is 5.30. The topological polar surface area (TPSA) is 44.7 Å². The molecule has 0 aliphatic carbocycles. The molecule has 1 aliphatic heterocycles. The van der Waals surface area contributed by atoms with Gasteiger partial charge in [-0.25, -0.2) is 4.99 Å². The van der Waals surface area contributed by atoms with Gasteiger partial charge in [0.1, 0.15) is 0 Å². The molecule has 0 aromatic heterocycles. The van der Waals surface area contributed by atoms with Crippen LogP contribution in [0.3, 0.4) is 0 Å². The molecule has 1 N–H and O–H groups in total. The summed E-state index contributed by atoms with van der Waals surface area (Å²) in [5, 5.41) is 4.41. The van der Waals surface area contributed by atoms with Crippen LogP contribution in [0.4, 0.5) is 11.4 Å². The Morgan fingerprint density at radius 2 is 1.85 bits per heavy atom. The number of carbonyl (C=O) groups excluding carboxylic acids is 1. The van der Waals surface area contributed by atoms with Crippen molar-refractivity contribution in [3.8, 4) is 0 Å². The van der Waals surface area contributed by atoms with Crippen LogP contribution in [0.5, 0.6) is 0 Å². The van der Waals surface area contributed by atoms with E-state index in [1.807, 2.05) is 42.5 Å². The first kappa shape index (κ1) is 18.8. The standard InChI is InChI=1S/C20H22ClN3OS/c21-16-8-7-11-18(14-16)22-19(25)15-26-20(24-12-5-2-6-13-24)23-17-9-3-1-4-10-17/h1,3-4,7-11,14H,2,5-6,12-13,15H2,(H,22,25). The number of benzene rings is 2. The van der Waals surface area contributed by atoms with Crippen molar-refractivity contribution in [3.63, 3.8) is 0 Å².